The van der Waals surface area contributed by atoms with Crippen LogP contribution >= 0.6 is 0 Å². The van der Waals surface area contributed by atoms with Crippen LogP contribution in [0.4, 0.5) is 0 Å². The van der Waals surface area contributed by atoms with Crippen molar-refractivity contribution in [3.05, 3.63) is 76.2 Å². The molecule has 4 rings (SSSR count). The number of nitrogens with zero attached hydrogens (tertiary/aromatic N) is 2. The molecule has 0 saturated carbocycles. The highest BCUT2D eigenvalue weighted by atomic mass is 16.5. The van der Waals surface area contributed by atoms with Crippen LogP contribution in [0.3, 0.4) is 0 Å². The van der Waals surface area contributed by atoms with Gasteiger partial charge < -0.3 is 14.7 Å². The van der Waals surface area contributed by atoms with Gasteiger partial charge in [0, 0.05) is 18.7 Å². The average Bonchev–Trinajstić information content (AvgIpc) is 3.06. The lowest BCUT2D eigenvalue weighted by atomic mass is 10.1. The zero-order chi connectivity index (χ0) is 19.7. The number of nitrogens with one attached hydrogen (secondary N) is 1. The van der Waals surface area contributed by atoms with Crippen molar-refractivity contribution in [2.45, 2.75) is 26.0 Å². The zero-order valence-electron chi connectivity index (χ0n) is 15.5. The van der Waals surface area contributed by atoms with Crippen LogP contribution in [0, 0.1) is 0 Å². The number of phenols is 1. The summed E-state index contributed by atoms with van der Waals surface area (Å²) in [5.74, 6) is 0.465. The molecule has 28 heavy (non-hydrogen) atoms. The summed E-state index contributed by atoms with van der Waals surface area (Å²) < 4.78 is 7.21. The first-order valence-corrected chi connectivity index (χ1v) is 9.15. The number of para-hydroxylation sites is 1. The molecule has 144 valence electrons. The Morgan fingerprint density at radius 2 is 1.86 bits per heavy atom. The smallest absolute Gasteiger partial charge is 0.276 e. The molecule has 0 radical (unpaired) electrons. The van der Waals surface area contributed by atoms with Crippen LogP contribution in [0.5, 0.6) is 11.5 Å². The number of benzene rings is 2. The minimum absolute atomic E-state index is 0.134. The molecule has 1 atom stereocenters. The normalized spacial score (nSPS) is 14.4. The first kappa shape index (κ1) is 17.9. The van der Waals surface area contributed by atoms with Gasteiger partial charge in [-0.05, 0) is 43.3 Å². The fourth-order valence-electron chi connectivity index (χ4n) is 3.39. The molecule has 0 spiro atoms. The fourth-order valence-corrected chi connectivity index (χ4v) is 3.39. The van der Waals surface area contributed by atoms with E-state index in [9.17, 15) is 14.7 Å². The van der Waals surface area contributed by atoms with Crippen LogP contribution < -0.4 is 10.3 Å². The van der Waals surface area contributed by atoms with Gasteiger partial charge in [0.05, 0.1) is 17.8 Å². The topological polar surface area (TPSA) is 87.6 Å². The summed E-state index contributed by atoms with van der Waals surface area (Å²) in [6.45, 7) is 2.46. The molecule has 1 unspecified atom stereocenters. The minimum Gasteiger partial charge on any atom is -0.508 e. The maximum absolute atomic E-state index is 12.8. The Balaban J connectivity index is 1.50. The predicted molar refractivity (Wildman–Crippen MR) is 104 cm³/mol. The van der Waals surface area contributed by atoms with Gasteiger partial charge in [-0.2, -0.15) is 0 Å². The van der Waals surface area contributed by atoms with E-state index in [-0.39, 0.29) is 23.8 Å². The second kappa shape index (κ2) is 7.26. The van der Waals surface area contributed by atoms with Crippen LogP contribution in [0.25, 0.3) is 5.69 Å². The largest absolute Gasteiger partial charge is 0.508 e. The van der Waals surface area contributed by atoms with Gasteiger partial charge in [0.25, 0.3) is 11.5 Å². The van der Waals surface area contributed by atoms with E-state index in [0.717, 1.165) is 11.4 Å². The summed E-state index contributed by atoms with van der Waals surface area (Å²) in [6.07, 6.45) is -0.108. The molecule has 7 heteroatoms. The summed E-state index contributed by atoms with van der Waals surface area (Å²) >= 11 is 0. The van der Waals surface area contributed by atoms with Crippen LogP contribution in [-0.2, 0) is 17.8 Å². The lowest BCUT2D eigenvalue weighted by molar-refractivity contribution is -0.138. The van der Waals surface area contributed by atoms with Gasteiger partial charge in [0.15, 0.2) is 6.10 Å². The summed E-state index contributed by atoms with van der Waals surface area (Å²) in [7, 11) is 0. The number of H-pyrrole nitrogens is 1. The van der Waals surface area contributed by atoms with Gasteiger partial charge in [-0.1, -0.05) is 18.2 Å². The SMILES string of the molecule is CC(Oc1ccc(O)cc1)C(=O)N1CCc2[nH]n(-c3ccccc3)c(=O)c2C1. The number of aromatic nitrogens is 2. The quantitative estimate of drug-likeness (QED) is 0.728. The number of aromatic hydroxyl groups is 1. The molecular formula is C21H21N3O4. The number of amides is 1. The molecule has 1 aliphatic heterocycles. The number of aromatic amines is 1. The predicted octanol–water partition coefficient (Wildman–Crippen LogP) is 2.22. The lowest BCUT2D eigenvalue weighted by Crippen LogP contribution is -2.44. The van der Waals surface area contributed by atoms with Crippen LogP contribution in [-0.4, -0.2) is 38.3 Å². The van der Waals surface area contributed by atoms with Gasteiger partial charge >= 0.3 is 0 Å². The van der Waals surface area contributed by atoms with Gasteiger partial charge in [-0.25, -0.2) is 4.68 Å². The standard InChI is InChI=1S/C21H21N3O4/c1-14(28-17-9-7-16(25)8-10-17)20(26)23-12-11-19-18(13-23)21(27)24(22-19)15-5-3-2-4-6-15/h2-10,14,22,25H,11-13H2,1H3. The summed E-state index contributed by atoms with van der Waals surface area (Å²) in [5, 5.41) is 12.5. The number of rotatable bonds is 4. The van der Waals surface area contributed by atoms with Crippen molar-refractivity contribution in [3.63, 3.8) is 0 Å². The maximum Gasteiger partial charge on any atom is 0.276 e. The van der Waals surface area contributed by atoms with Crippen molar-refractivity contribution in [2.75, 3.05) is 6.54 Å². The Kier molecular flexibility index (Phi) is 4.65. The zero-order valence-corrected chi connectivity index (χ0v) is 15.5. The summed E-state index contributed by atoms with van der Waals surface area (Å²) in [6, 6.07) is 15.6. The maximum atomic E-state index is 12.8. The fraction of sp³-hybridized carbons (Fsp3) is 0.238. The first-order chi connectivity index (χ1) is 13.5. The van der Waals surface area contributed by atoms with Crippen molar-refractivity contribution in [1.82, 2.24) is 14.7 Å². The molecule has 3 aromatic rings. The monoisotopic (exact) mass is 379 g/mol. The Morgan fingerprint density at radius 3 is 2.57 bits per heavy atom. The van der Waals surface area contributed by atoms with Crippen molar-refractivity contribution in [2.24, 2.45) is 0 Å². The number of carbonyl (C=O) groups excluding carboxylic acids is 1. The molecule has 0 saturated heterocycles. The molecule has 1 amide bonds. The van der Waals surface area contributed by atoms with Crippen LogP contribution in [0.15, 0.2) is 59.4 Å². The highest BCUT2D eigenvalue weighted by Crippen LogP contribution is 2.20. The average molecular weight is 379 g/mol. The van der Waals surface area contributed by atoms with Crippen LogP contribution in [0.2, 0.25) is 0 Å². The van der Waals surface area contributed by atoms with Crippen molar-refractivity contribution in [3.8, 4) is 17.2 Å². The van der Waals surface area contributed by atoms with E-state index in [4.69, 9.17) is 4.74 Å². The molecule has 1 aliphatic rings. The Morgan fingerprint density at radius 1 is 1.14 bits per heavy atom. The Hall–Kier alpha value is -3.48. The van der Waals surface area contributed by atoms with Crippen molar-refractivity contribution in [1.29, 1.82) is 0 Å². The second-order valence-electron chi connectivity index (χ2n) is 6.81. The van der Waals surface area contributed by atoms with E-state index in [1.165, 1.54) is 16.8 Å². The molecule has 2 heterocycles. The van der Waals surface area contributed by atoms with Crippen LogP contribution in [0.1, 0.15) is 18.2 Å². The molecule has 0 aliphatic carbocycles. The third-order valence-electron chi connectivity index (χ3n) is 4.88. The number of hydrogen-bond donors (Lipinski definition) is 2. The molecule has 2 N–H and O–H groups in total. The number of carbonyl (C=O) groups is 1. The van der Waals surface area contributed by atoms with Gasteiger partial charge in [-0.3, -0.25) is 14.7 Å². The molecule has 2 aromatic carbocycles. The highest BCUT2D eigenvalue weighted by molar-refractivity contribution is 5.81. The number of ether oxygens (including phenoxy) is 1. The summed E-state index contributed by atoms with van der Waals surface area (Å²) in [5.41, 5.74) is 2.11. The third-order valence-corrected chi connectivity index (χ3v) is 4.88. The Bertz CT molecular complexity index is 1040. The highest BCUT2D eigenvalue weighted by Gasteiger charge is 2.29. The van der Waals surface area contributed by atoms with E-state index in [0.29, 0.717) is 24.3 Å². The van der Waals surface area contributed by atoms with Gasteiger partial charge in [-0.15, -0.1) is 0 Å². The lowest BCUT2D eigenvalue weighted by Gasteiger charge is -2.28. The van der Waals surface area contributed by atoms with E-state index in [2.05, 4.69) is 5.10 Å². The molecule has 0 fully saturated rings. The number of fused-ring (bicyclic) bond motifs is 1. The third kappa shape index (κ3) is 3.38. The van der Waals surface area contributed by atoms with Crippen molar-refractivity contribution >= 4 is 5.91 Å². The molecular weight excluding hydrogens is 358 g/mol. The second-order valence-corrected chi connectivity index (χ2v) is 6.81. The van der Waals surface area contributed by atoms with Crippen molar-refractivity contribution < 1.29 is 14.6 Å². The molecule has 7 nitrogen and oxygen atoms in total. The van der Waals surface area contributed by atoms with E-state index in [1.807, 2.05) is 30.3 Å². The van der Waals surface area contributed by atoms with E-state index < -0.39 is 6.10 Å². The van der Waals surface area contributed by atoms with Gasteiger partial charge in [0.2, 0.25) is 0 Å². The molecule has 0 bridgehead atoms. The summed E-state index contributed by atoms with van der Waals surface area (Å²) in [4.78, 5) is 27.3. The minimum atomic E-state index is -0.693. The number of phenolic OH excluding ortho intramolecular Hbond substituents is 1. The van der Waals surface area contributed by atoms with E-state index in [1.54, 1.807) is 24.0 Å². The number of hydrogen-bond acceptors (Lipinski definition) is 4. The van der Waals surface area contributed by atoms with E-state index >= 15 is 0 Å². The first-order valence-electron chi connectivity index (χ1n) is 9.15. The Labute approximate surface area is 161 Å². The molecule has 1 aromatic heterocycles. The van der Waals surface area contributed by atoms with Gasteiger partial charge in [0.1, 0.15) is 11.5 Å².